The van der Waals surface area contributed by atoms with E-state index in [0.29, 0.717) is 0 Å². The summed E-state index contributed by atoms with van der Waals surface area (Å²) in [5.41, 5.74) is 4.42. The molecule has 25 heavy (non-hydrogen) atoms. The molecular formula is C20H25N3O2. The average Bonchev–Trinajstić information content (AvgIpc) is 3.11. The summed E-state index contributed by atoms with van der Waals surface area (Å²) in [6.45, 7) is 7.96. The van der Waals surface area contributed by atoms with Gasteiger partial charge in [-0.1, -0.05) is 24.3 Å². The highest BCUT2D eigenvalue weighted by Gasteiger charge is 2.28. The second-order valence-electron chi connectivity index (χ2n) is 6.80. The summed E-state index contributed by atoms with van der Waals surface area (Å²) in [5, 5.41) is 7.47. The predicted octanol–water partition coefficient (Wildman–Crippen LogP) is 4.04. The lowest BCUT2D eigenvalue weighted by molar-refractivity contribution is 0.115. The maximum Gasteiger partial charge on any atom is 0.407 e. The molecule has 1 aliphatic carbocycles. The van der Waals surface area contributed by atoms with Gasteiger partial charge in [-0.15, -0.1) is 0 Å². The van der Waals surface area contributed by atoms with Crippen LogP contribution in [0.1, 0.15) is 43.1 Å². The van der Waals surface area contributed by atoms with Gasteiger partial charge >= 0.3 is 6.09 Å². The summed E-state index contributed by atoms with van der Waals surface area (Å²) < 4.78 is 7.47. The molecule has 0 radical (unpaired) electrons. The fourth-order valence-corrected chi connectivity index (χ4v) is 3.39. The molecule has 0 bridgehead atoms. The number of ether oxygens (including phenoxy) is 1. The van der Waals surface area contributed by atoms with Crippen LogP contribution in [-0.4, -0.2) is 28.0 Å². The van der Waals surface area contributed by atoms with E-state index in [1.54, 1.807) is 0 Å². The third kappa shape index (κ3) is 3.76. The summed E-state index contributed by atoms with van der Waals surface area (Å²) in [4.78, 5) is 11.8. The number of para-hydroxylation sites is 1. The van der Waals surface area contributed by atoms with E-state index in [-0.39, 0.29) is 24.2 Å². The van der Waals surface area contributed by atoms with Crippen molar-refractivity contribution >= 4 is 6.09 Å². The number of nitrogens with zero attached hydrogens (tertiary/aromatic N) is 2. The van der Waals surface area contributed by atoms with Gasteiger partial charge in [-0.3, -0.25) is 0 Å². The molecule has 2 aromatic rings. The van der Waals surface area contributed by atoms with Gasteiger partial charge in [0.25, 0.3) is 0 Å². The molecule has 1 heterocycles. The van der Waals surface area contributed by atoms with Crippen LogP contribution in [0.25, 0.3) is 5.69 Å². The van der Waals surface area contributed by atoms with Crippen LogP contribution in [0.5, 0.6) is 0 Å². The molecule has 2 atom stereocenters. The number of aryl methyl sites for hydroxylation is 1. The number of allylic oxidation sites excluding steroid dienone is 1. The molecule has 1 aromatic heterocycles. The minimum Gasteiger partial charge on any atom is -0.442 e. The summed E-state index contributed by atoms with van der Waals surface area (Å²) in [6.07, 6.45) is 4.30. The highest BCUT2D eigenvalue weighted by molar-refractivity contribution is 5.68. The summed E-state index contributed by atoms with van der Waals surface area (Å²) in [5.74, 6) is 0.217. The van der Waals surface area contributed by atoms with E-state index in [1.807, 2.05) is 49.7 Å². The lowest BCUT2D eigenvalue weighted by Crippen LogP contribution is -2.33. The molecule has 132 valence electrons. The van der Waals surface area contributed by atoms with Crippen molar-refractivity contribution < 1.29 is 9.53 Å². The van der Waals surface area contributed by atoms with Gasteiger partial charge in [0.05, 0.1) is 11.4 Å². The van der Waals surface area contributed by atoms with E-state index in [2.05, 4.69) is 30.4 Å². The molecule has 1 amide bonds. The van der Waals surface area contributed by atoms with Gasteiger partial charge in [0.15, 0.2) is 0 Å². The second kappa shape index (κ2) is 7.13. The Bertz CT molecular complexity index is 778. The third-order valence-corrected chi connectivity index (χ3v) is 4.43. The molecule has 0 saturated heterocycles. The number of carbonyl (C=O) groups excluding carboxylic acids is 1. The lowest BCUT2D eigenvalue weighted by atomic mass is 9.96. The predicted molar refractivity (Wildman–Crippen MR) is 98.1 cm³/mol. The Kier molecular flexibility index (Phi) is 4.93. The van der Waals surface area contributed by atoms with Crippen LogP contribution in [0.15, 0.2) is 42.5 Å². The van der Waals surface area contributed by atoms with Gasteiger partial charge in [-0.05, 0) is 52.3 Å². The van der Waals surface area contributed by atoms with Crippen molar-refractivity contribution in [3.8, 4) is 5.69 Å². The number of benzene rings is 1. The third-order valence-electron chi connectivity index (χ3n) is 4.43. The van der Waals surface area contributed by atoms with Crippen molar-refractivity contribution in [2.45, 2.75) is 52.2 Å². The minimum absolute atomic E-state index is 0.0715. The zero-order valence-corrected chi connectivity index (χ0v) is 15.2. The van der Waals surface area contributed by atoms with Crippen LogP contribution in [0, 0.1) is 13.8 Å². The standard InChI is InChI=1S/C20H25N3O2/c1-13(2)21-20(24)25-18-11-10-16(12-18)19-14(3)22-23(15(19)4)17-8-6-5-7-9-17/h5-11,13,16,18H,12H2,1-4H3,(H,21,24)/t16-,18+/m0/s1. The van der Waals surface area contributed by atoms with Gasteiger partial charge in [0.1, 0.15) is 6.10 Å². The van der Waals surface area contributed by atoms with E-state index < -0.39 is 0 Å². The average molecular weight is 339 g/mol. The number of hydrogen-bond donors (Lipinski definition) is 1. The van der Waals surface area contributed by atoms with Crippen LogP contribution in [0.3, 0.4) is 0 Å². The molecular weight excluding hydrogens is 314 g/mol. The molecule has 0 unspecified atom stereocenters. The largest absolute Gasteiger partial charge is 0.442 e. The van der Waals surface area contributed by atoms with Crippen LogP contribution in [0.4, 0.5) is 4.79 Å². The first-order valence-electron chi connectivity index (χ1n) is 8.72. The SMILES string of the molecule is Cc1nn(-c2ccccc2)c(C)c1[C@H]1C=C[C@@H](OC(=O)NC(C)C)C1. The molecule has 3 rings (SSSR count). The zero-order chi connectivity index (χ0) is 18.0. The van der Waals surface area contributed by atoms with E-state index in [4.69, 9.17) is 9.84 Å². The maximum atomic E-state index is 11.8. The van der Waals surface area contributed by atoms with Gasteiger partial charge in [0.2, 0.25) is 0 Å². The Labute approximate surface area is 148 Å². The fourth-order valence-electron chi connectivity index (χ4n) is 3.39. The normalized spacial score (nSPS) is 19.4. The van der Waals surface area contributed by atoms with Crippen molar-refractivity contribution in [3.63, 3.8) is 0 Å². The van der Waals surface area contributed by atoms with Crippen molar-refractivity contribution in [2.75, 3.05) is 0 Å². The Morgan fingerprint density at radius 1 is 1.24 bits per heavy atom. The smallest absolute Gasteiger partial charge is 0.407 e. The Morgan fingerprint density at radius 2 is 1.96 bits per heavy atom. The lowest BCUT2D eigenvalue weighted by Gasteiger charge is -2.15. The molecule has 5 nitrogen and oxygen atoms in total. The topological polar surface area (TPSA) is 56.2 Å². The highest BCUT2D eigenvalue weighted by atomic mass is 16.6. The van der Waals surface area contributed by atoms with Crippen LogP contribution >= 0.6 is 0 Å². The molecule has 1 N–H and O–H groups in total. The first-order valence-corrected chi connectivity index (χ1v) is 8.72. The van der Waals surface area contributed by atoms with Gasteiger partial charge < -0.3 is 10.1 Å². The monoisotopic (exact) mass is 339 g/mol. The first-order chi connectivity index (χ1) is 12.0. The highest BCUT2D eigenvalue weighted by Crippen LogP contribution is 2.34. The van der Waals surface area contributed by atoms with Crippen LogP contribution < -0.4 is 5.32 Å². The molecule has 0 spiro atoms. The van der Waals surface area contributed by atoms with E-state index >= 15 is 0 Å². The van der Waals surface area contributed by atoms with E-state index in [9.17, 15) is 4.79 Å². The summed E-state index contributed by atoms with van der Waals surface area (Å²) >= 11 is 0. The molecule has 1 aromatic carbocycles. The summed E-state index contributed by atoms with van der Waals surface area (Å²) in [7, 11) is 0. The molecule has 5 heteroatoms. The van der Waals surface area contributed by atoms with Gasteiger partial charge in [-0.2, -0.15) is 5.10 Å². The maximum absolute atomic E-state index is 11.8. The molecule has 1 aliphatic rings. The first kappa shape index (κ1) is 17.3. The Hall–Kier alpha value is -2.56. The number of rotatable bonds is 4. The summed E-state index contributed by atoms with van der Waals surface area (Å²) in [6, 6.07) is 10.2. The van der Waals surface area contributed by atoms with Crippen molar-refractivity contribution in [1.82, 2.24) is 15.1 Å². The fraction of sp³-hybridized carbons (Fsp3) is 0.400. The van der Waals surface area contributed by atoms with Gasteiger partial charge in [-0.25, -0.2) is 9.48 Å². The van der Waals surface area contributed by atoms with E-state index in [0.717, 1.165) is 23.5 Å². The number of alkyl carbamates (subject to hydrolysis) is 1. The van der Waals surface area contributed by atoms with Crippen LogP contribution in [-0.2, 0) is 4.74 Å². The number of aromatic nitrogens is 2. The minimum atomic E-state index is -0.362. The Balaban J connectivity index is 1.75. The second-order valence-corrected chi connectivity index (χ2v) is 6.80. The quantitative estimate of drug-likeness (QED) is 0.856. The molecule has 0 aliphatic heterocycles. The van der Waals surface area contributed by atoms with Gasteiger partial charge in [0, 0.05) is 23.2 Å². The Morgan fingerprint density at radius 3 is 2.64 bits per heavy atom. The van der Waals surface area contributed by atoms with Crippen molar-refractivity contribution in [2.24, 2.45) is 0 Å². The molecule has 0 saturated carbocycles. The van der Waals surface area contributed by atoms with E-state index in [1.165, 1.54) is 5.56 Å². The molecule has 0 fully saturated rings. The number of amides is 1. The number of hydrogen-bond acceptors (Lipinski definition) is 3. The van der Waals surface area contributed by atoms with Crippen molar-refractivity contribution in [3.05, 3.63) is 59.4 Å². The van der Waals surface area contributed by atoms with Crippen LogP contribution in [0.2, 0.25) is 0 Å². The number of nitrogens with one attached hydrogen (secondary N) is 1. The zero-order valence-electron chi connectivity index (χ0n) is 15.2. The van der Waals surface area contributed by atoms with Crippen molar-refractivity contribution in [1.29, 1.82) is 0 Å². The number of carbonyl (C=O) groups is 1.